The van der Waals surface area contributed by atoms with Crippen molar-refractivity contribution in [3.05, 3.63) is 71.6 Å². The SMILES string of the molecule is COC1=CC(C)C(C2CNCC2=N[N+](=O)c2ccc3cnc(Nc4ccnn4C)cc3c2)C=C1. The second-order valence-electron chi connectivity index (χ2n) is 8.74. The number of aryl methyl sites for hydroxylation is 1. The molecule has 9 nitrogen and oxygen atoms in total. The minimum Gasteiger partial charge on any atom is -0.497 e. The van der Waals surface area contributed by atoms with E-state index in [9.17, 15) is 4.91 Å². The molecule has 3 aromatic rings. The Labute approximate surface area is 197 Å². The number of allylic oxidation sites excluding steroid dienone is 3. The fraction of sp³-hybridized carbons (Fsp3) is 0.320. The van der Waals surface area contributed by atoms with Gasteiger partial charge in [-0.15, -0.1) is 0 Å². The number of pyridine rings is 1. The molecule has 3 heterocycles. The van der Waals surface area contributed by atoms with Crippen LogP contribution in [0.15, 0.2) is 71.8 Å². The molecule has 2 N–H and O–H groups in total. The van der Waals surface area contributed by atoms with Crippen molar-refractivity contribution in [3.8, 4) is 0 Å². The predicted molar refractivity (Wildman–Crippen MR) is 132 cm³/mol. The number of hydrogen-bond donors (Lipinski definition) is 2. The van der Waals surface area contributed by atoms with Gasteiger partial charge in [0.2, 0.25) is 0 Å². The molecule has 1 aliphatic carbocycles. The van der Waals surface area contributed by atoms with E-state index in [1.165, 1.54) is 0 Å². The van der Waals surface area contributed by atoms with Crippen LogP contribution in [0, 0.1) is 22.7 Å². The van der Waals surface area contributed by atoms with E-state index in [0.717, 1.165) is 39.5 Å². The molecule has 0 amide bonds. The van der Waals surface area contributed by atoms with Gasteiger partial charge in [0, 0.05) is 60.9 Å². The number of hydrogen-bond acceptors (Lipinski definition) is 6. The van der Waals surface area contributed by atoms with Crippen LogP contribution in [-0.2, 0) is 11.8 Å². The Kier molecular flexibility index (Phi) is 5.93. The number of benzene rings is 1. The molecule has 0 spiro atoms. The molecule has 2 aliphatic rings. The topological polar surface area (TPSA) is 96.4 Å². The van der Waals surface area contributed by atoms with Gasteiger partial charge in [-0.25, -0.2) is 4.98 Å². The highest BCUT2D eigenvalue weighted by molar-refractivity contribution is 5.91. The van der Waals surface area contributed by atoms with Gasteiger partial charge >= 0.3 is 0 Å². The normalized spacial score (nSPS) is 23.3. The van der Waals surface area contributed by atoms with E-state index in [-0.39, 0.29) is 11.8 Å². The zero-order valence-electron chi connectivity index (χ0n) is 19.5. The lowest BCUT2D eigenvalue weighted by molar-refractivity contribution is -0.468. The van der Waals surface area contributed by atoms with Crippen molar-refractivity contribution >= 4 is 33.8 Å². The number of nitroso groups, excluding NO2 is 1. The molecule has 3 unspecified atom stereocenters. The van der Waals surface area contributed by atoms with Crippen LogP contribution in [0.2, 0.25) is 0 Å². The minimum atomic E-state index is 0.164. The third kappa shape index (κ3) is 4.34. The summed E-state index contributed by atoms with van der Waals surface area (Å²) < 4.78 is 7.09. The van der Waals surface area contributed by atoms with E-state index in [0.29, 0.717) is 24.0 Å². The van der Waals surface area contributed by atoms with Crippen LogP contribution in [0.4, 0.5) is 17.3 Å². The number of hydrazone groups is 1. The Morgan fingerprint density at radius 1 is 1.26 bits per heavy atom. The fourth-order valence-corrected chi connectivity index (χ4v) is 4.63. The van der Waals surface area contributed by atoms with E-state index in [4.69, 9.17) is 4.74 Å². The molecule has 1 aromatic carbocycles. The summed E-state index contributed by atoms with van der Waals surface area (Å²) in [6.07, 6.45) is 9.81. The first kappa shape index (κ1) is 22.0. The maximum Gasteiger partial charge on any atom is 0.295 e. The maximum atomic E-state index is 13.0. The second-order valence-corrected chi connectivity index (χ2v) is 8.74. The molecular weight excluding hydrogens is 430 g/mol. The number of anilines is 2. The van der Waals surface area contributed by atoms with E-state index in [1.807, 2.05) is 37.4 Å². The maximum absolute atomic E-state index is 13.0. The molecule has 2 aromatic heterocycles. The van der Waals surface area contributed by atoms with Crippen LogP contribution < -0.4 is 10.6 Å². The highest BCUT2D eigenvalue weighted by Gasteiger charge is 2.35. The predicted octanol–water partition coefficient (Wildman–Crippen LogP) is 4.05. The van der Waals surface area contributed by atoms with Crippen molar-refractivity contribution in [1.29, 1.82) is 0 Å². The zero-order valence-corrected chi connectivity index (χ0v) is 19.5. The van der Waals surface area contributed by atoms with Crippen molar-refractivity contribution in [2.45, 2.75) is 6.92 Å². The molecule has 3 atom stereocenters. The summed E-state index contributed by atoms with van der Waals surface area (Å²) in [5.74, 6) is 3.12. The first-order valence-electron chi connectivity index (χ1n) is 11.4. The van der Waals surface area contributed by atoms with Crippen LogP contribution in [0.1, 0.15) is 6.92 Å². The summed E-state index contributed by atoms with van der Waals surface area (Å²) in [4.78, 5) is 18.2. The first-order chi connectivity index (χ1) is 16.5. The number of nitrogens with one attached hydrogen (secondary N) is 2. The Bertz CT molecular complexity index is 1320. The highest BCUT2D eigenvalue weighted by Crippen LogP contribution is 2.32. The molecule has 1 fully saturated rings. The van der Waals surface area contributed by atoms with Gasteiger partial charge in [-0.1, -0.05) is 13.0 Å². The van der Waals surface area contributed by atoms with Gasteiger partial charge in [0.25, 0.3) is 5.69 Å². The summed E-state index contributed by atoms with van der Waals surface area (Å²) in [6.45, 7) is 3.58. The van der Waals surface area contributed by atoms with E-state index < -0.39 is 0 Å². The summed E-state index contributed by atoms with van der Waals surface area (Å²) in [6, 6.07) is 9.31. The lowest BCUT2D eigenvalue weighted by Crippen LogP contribution is -2.28. The van der Waals surface area contributed by atoms with Gasteiger partial charge in [-0.3, -0.25) is 4.68 Å². The Balaban J connectivity index is 1.37. The molecule has 5 rings (SSSR count). The Morgan fingerprint density at radius 3 is 2.91 bits per heavy atom. The van der Waals surface area contributed by atoms with Crippen molar-refractivity contribution in [2.24, 2.45) is 29.9 Å². The average molecular weight is 459 g/mol. The van der Waals surface area contributed by atoms with Gasteiger partial charge in [0.05, 0.1) is 18.2 Å². The van der Waals surface area contributed by atoms with Crippen LogP contribution in [0.3, 0.4) is 0 Å². The Hall–Kier alpha value is -3.85. The third-order valence-corrected chi connectivity index (χ3v) is 6.54. The quantitative estimate of drug-likeness (QED) is 0.427. The number of nitrogens with zero attached hydrogens (tertiary/aromatic N) is 5. The summed E-state index contributed by atoms with van der Waals surface area (Å²) in [5, 5.41) is 17.1. The summed E-state index contributed by atoms with van der Waals surface area (Å²) in [5.41, 5.74) is 1.36. The summed E-state index contributed by atoms with van der Waals surface area (Å²) >= 11 is 0. The van der Waals surface area contributed by atoms with Crippen molar-refractivity contribution in [3.63, 3.8) is 0 Å². The number of rotatable bonds is 6. The van der Waals surface area contributed by atoms with Crippen molar-refractivity contribution in [2.75, 3.05) is 25.5 Å². The molecule has 174 valence electrons. The first-order valence-corrected chi connectivity index (χ1v) is 11.4. The fourth-order valence-electron chi connectivity index (χ4n) is 4.63. The number of fused-ring (bicyclic) bond motifs is 1. The van der Waals surface area contributed by atoms with Crippen LogP contribution >= 0.6 is 0 Å². The average Bonchev–Trinajstić information content (AvgIpc) is 3.47. The monoisotopic (exact) mass is 458 g/mol. The second kappa shape index (κ2) is 9.18. The molecular formula is C25H28N7O2+. The number of aromatic nitrogens is 3. The van der Waals surface area contributed by atoms with Crippen LogP contribution in [0.25, 0.3) is 10.8 Å². The Morgan fingerprint density at radius 2 is 2.15 bits per heavy atom. The molecule has 9 heteroatoms. The lowest BCUT2D eigenvalue weighted by atomic mass is 9.78. The van der Waals surface area contributed by atoms with Gasteiger partial charge in [-0.05, 0) is 41.5 Å². The van der Waals surface area contributed by atoms with E-state index in [1.54, 1.807) is 30.3 Å². The number of ether oxygens (including phenoxy) is 1. The van der Waals surface area contributed by atoms with E-state index >= 15 is 0 Å². The molecule has 1 saturated heterocycles. The third-order valence-electron chi connectivity index (χ3n) is 6.54. The van der Waals surface area contributed by atoms with Gasteiger partial charge < -0.3 is 15.4 Å². The minimum absolute atomic E-state index is 0.164. The standard InChI is InChI=1S/C25H28N7O2/c1-16-10-20(34-3)6-7-21(16)22-14-26-15-23(22)30-32(33)19-5-4-17-13-27-24(12-18(17)11-19)29-25-8-9-28-31(25)2/h4-13,16,21-22,26H,14-15H2,1-3H3,(H,27,29)/q+1. The van der Waals surface area contributed by atoms with E-state index in [2.05, 4.69) is 44.9 Å². The van der Waals surface area contributed by atoms with Gasteiger partial charge in [-0.2, -0.15) is 5.10 Å². The zero-order chi connectivity index (χ0) is 23.7. The molecule has 34 heavy (non-hydrogen) atoms. The summed E-state index contributed by atoms with van der Waals surface area (Å²) in [7, 11) is 3.54. The van der Waals surface area contributed by atoms with Gasteiger partial charge in [0.15, 0.2) is 4.87 Å². The molecule has 1 aliphatic heterocycles. The lowest BCUT2D eigenvalue weighted by Gasteiger charge is -2.27. The molecule has 0 bridgehead atoms. The van der Waals surface area contributed by atoms with Crippen molar-refractivity contribution < 1.29 is 9.61 Å². The molecule has 0 saturated carbocycles. The largest absolute Gasteiger partial charge is 0.497 e. The van der Waals surface area contributed by atoms with Gasteiger partial charge in [0.1, 0.15) is 23.1 Å². The molecule has 0 radical (unpaired) electrons. The van der Waals surface area contributed by atoms with Crippen LogP contribution in [0.5, 0.6) is 0 Å². The van der Waals surface area contributed by atoms with Crippen molar-refractivity contribution in [1.82, 2.24) is 20.1 Å². The van der Waals surface area contributed by atoms with Crippen LogP contribution in [-0.4, -0.2) is 45.5 Å². The smallest absolute Gasteiger partial charge is 0.295 e. The number of methoxy groups -OCH3 is 1. The highest BCUT2D eigenvalue weighted by atomic mass is 16.5.